The Morgan fingerprint density at radius 1 is 1.15 bits per heavy atom. The molecule has 20 heavy (non-hydrogen) atoms. The molecule has 112 valence electrons. The molecular formula is C16H26ClN3. The minimum absolute atomic E-state index is 0.0319. The second-order valence-corrected chi connectivity index (χ2v) is 6.59. The van der Waals surface area contributed by atoms with Gasteiger partial charge in [0.2, 0.25) is 0 Å². The average Bonchev–Trinajstić information content (AvgIpc) is 2.39. The summed E-state index contributed by atoms with van der Waals surface area (Å²) in [7, 11) is 0. The molecule has 1 heterocycles. The van der Waals surface area contributed by atoms with Crippen LogP contribution in [0.15, 0.2) is 18.2 Å². The number of rotatable bonds is 4. The molecule has 1 aromatic rings. The van der Waals surface area contributed by atoms with Crippen LogP contribution in [0, 0.1) is 5.92 Å². The van der Waals surface area contributed by atoms with Crippen molar-refractivity contribution in [3.63, 3.8) is 0 Å². The smallest absolute Gasteiger partial charge is 0.0642 e. The van der Waals surface area contributed by atoms with E-state index in [4.69, 9.17) is 17.3 Å². The summed E-state index contributed by atoms with van der Waals surface area (Å²) in [5.74, 6) is 0.732. The molecule has 4 heteroatoms. The zero-order valence-corrected chi connectivity index (χ0v) is 13.5. The summed E-state index contributed by atoms with van der Waals surface area (Å²) < 4.78 is 0. The van der Waals surface area contributed by atoms with Gasteiger partial charge in [0.1, 0.15) is 0 Å². The molecule has 0 radical (unpaired) electrons. The molecule has 1 aromatic carbocycles. The van der Waals surface area contributed by atoms with Gasteiger partial charge in [0, 0.05) is 38.8 Å². The van der Waals surface area contributed by atoms with Gasteiger partial charge in [0.15, 0.2) is 0 Å². The first-order valence-electron chi connectivity index (χ1n) is 7.49. The number of hydrogen-bond donors (Lipinski definition) is 1. The minimum Gasteiger partial charge on any atom is -0.368 e. The van der Waals surface area contributed by atoms with Crippen LogP contribution in [0.4, 0.5) is 5.69 Å². The second-order valence-electron chi connectivity index (χ2n) is 6.18. The molecule has 0 unspecified atom stereocenters. The maximum Gasteiger partial charge on any atom is 0.0642 e. The van der Waals surface area contributed by atoms with Crippen LogP contribution in [0.5, 0.6) is 0 Å². The van der Waals surface area contributed by atoms with Crippen molar-refractivity contribution in [2.75, 3.05) is 37.6 Å². The molecule has 0 spiro atoms. The maximum absolute atomic E-state index is 6.42. The van der Waals surface area contributed by atoms with E-state index in [2.05, 4.69) is 35.8 Å². The highest BCUT2D eigenvalue weighted by atomic mass is 35.5. The summed E-state index contributed by atoms with van der Waals surface area (Å²) in [6.45, 7) is 12.0. The van der Waals surface area contributed by atoms with E-state index in [1.165, 1.54) is 6.54 Å². The minimum atomic E-state index is 0.0319. The van der Waals surface area contributed by atoms with Crippen LogP contribution in [-0.2, 0) is 0 Å². The summed E-state index contributed by atoms with van der Waals surface area (Å²) in [6.07, 6.45) is 0. The molecule has 2 N–H and O–H groups in total. The van der Waals surface area contributed by atoms with Gasteiger partial charge in [0.05, 0.1) is 10.7 Å². The van der Waals surface area contributed by atoms with Crippen LogP contribution in [0.1, 0.15) is 32.4 Å². The Labute approximate surface area is 127 Å². The van der Waals surface area contributed by atoms with Crippen molar-refractivity contribution >= 4 is 17.3 Å². The fourth-order valence-corrected chi connectivity index (χ4v) is 3.06. The van der Waals surface area contributed by atoms with Gasteiger partial charge in [-0.2, -0.15) is 0 Å². The van der Waals surface area contributed by atoms with Crippen molar-refractivity contribution in [1.29, 1.82) is 0 Å². The molecule has 0 saturated carbocycles. The Balaban J connectivity index is 2.00. The van der Waals surface area contributed by atoms with Crippen LogP contribution >= 0.6 is 11.6 Å². The molecule has 2 rings (SSSR count). The van der Waals surface area contributed by atoms with Gasteiger partial charge in [-0.1, -0.05) is 31.5 Å². The maximum atomic E-state index is 6.42. The van der Waals surface area contributed by atoms with E-state index in [0.717, 1.165) is 48.4 Å². The second kappa shape index (κ2) is 6.79. The number of anilines is 1. The number of piperazine rings is 1. The van der Waals surface area contributed by atoms with Gasteiger partial charge in [-0.15, -0.1) is 0 Å². The Hall–Kier alpha value is -0.770. The zero-order valence-electron chi connectivity index (χ0n) is 12.8. The number of nitrogens with two attached hydrogens (primary N) is 1. The molecule has 1 saturated heterocycles. The van der Waals surface area contributed by atoms with E-state index in [-0.39, 0.29) is 6.04 Å². The lowest BCUT2D eigenvalue weighted by atomic mass is 10.1. The molecule has 0 aliphatic carbocycles. The van der Waals surface area contributed by atoms with E-state index >= 15 is 0 Å². The lowest BCUT2D eigenvalue weighted by Gasteiger charge is -2.37. The topological polar surface area (TPSA) is 32.5 Å². The van der Waals surface area contributed by atoms with Crippen LogP contribution in [0.25, 0.3) is 0 Å². The van der Waals surface area contributed by atoms with Gasteiger partial charge in [-0.3, -0.25) is 4.90 Å². The molecule has 1 aliphatic heterocycles. The van der Waals surface area contributed by atoms with Gasteiger partial charge in [-0.05, 0) is 30.5 Å². The largest absolute Gasteiger partial charge is 0.368 e. The number of nitrogens with zero attached hydrogens (tertiary/aromatic N) is 2. The quantitative estimate of drug-likeness (QED) is 0.926. The summed E-state index contributed by atoms with van der Waals surface area (Å²) in [4.78, 5) is 4.91. The van der Waals surface area contributed by atoms with Crippen molar-refractivity contribution in [3.05, 3.63) is 28.8 Å². The molecule has 1 fully saturated rings. The van der Waals surface area contributed by atoms with Crippen LogP contribution < -0.4 is 10.6 Å². The molecular weight excluding hydrogens is 270 g/mol. The van der Waals surface area contributed by atoms with E-state index in [1.807, 2.05) is 13.0 Å². The summed E-state index contributed by atoms with van der Waals surface area (Å²) in [6, 6.07) is 6.23. The first kappa shape index (κ1) is 15.6. The third-order valence-corrected chi connectivity index (χ3v) is 4.14. The van der Waals surface area contributed by atoms with E-state index in [1.54, 1.807) is 0 Å². The van der Waals surface area contributed by atoms with Crippen LogP contribution in [0.2, 0.25) is 5.02 Å². The zero-order chi connectivity index (χ0) is 14.7. The normalized spacial score (nSPS) is 18.6. The third kappa shape index (κ3) is 3.87. The lowest BCUT2D eigenvalue weighted by molar-refractivity contribution is 0.231. The summed E-state index contributed by atoms with van der Waals surface area (Å²) in [5.41, 5.74) is 8.13. The van der Waals surface area contributed by atoms with Crippen LogP contribution in [-0.4, -0.2) is 37.6 Å². The molecule has 1 aliphatic rings. The lowest BCUT2D eigenvalue weighted by Crippen LogP contribution is -2.47. The Kier molecular flexibility index (Phi) is 5.30. The Morgan fingerprint density at radius 3 is 2.30 bits per heavy atom. The van der Waals surface area contributed by atoms with Crippen molar-refractivity contribution in [3.8, 4) is 0 Å². The molecule has 0 amide bonds. The summed E-state index contributed by atoms with van der Waals surface area (Å²) in [5, 5.41) is 0.817. The molecule has 0 aromatic heterocycles. The van der Waals surface area contributed by atoms with Crippen molar-refractivity contribution in [2.24, 2.45) is 11.7 Å². The fourth-order valence-electron chi connectivity index (χ4n) is 2.75. The van der Waals surface area contributed by atoms with Gasteiger partial charge in [-0.25, -0.2) is 0 Å². The monoisotopic (exact) mass is 295 g/mol. The highest BCUT2D eigenvalue weighted by Crippen LogP contribution is 2.29. The van der Waals surface area contributed by atoms with Crippen molar-refractivity contribution in [2.45, 2.75) is 26.8 Å². The number of benzene rings is 1. The van der Waals surface area contributed by atoms with Gasteiger partial charge >= 0.3 is 0 Å². The first-order valence-corrected chi connectivity index (χ1v) is 7.87. The van der Waals surface area contributed by atoms with Gasteiger partial charge in [0.25, 0.3) is 0 Å². The predicted octanol–water partition coefficient (Wildman–Crippen LogP) is 3.14. The van der Waals surface area contributed by atoms with Crippen LogP contribution in [0.3, 0.4) is 0 Å². The fraction of sp³-hybridized carbons (Fsp3) is 0.625. The van der Waals surface area contributed by atoms with Crippen molar-refractivity contribution < 1.29 is 0 Å². The molecule has 0 bridgehead atoms. The number of halogens is 1. The number of hydrogen-bond acceptors (Lipinski definition) is 3. The Morgan fingerprint density at radius 2 is 1.80 bits per heavy atom. The van der Waals surface area contributed by atoms with E-state index in [9.17, 15) is 0 Å². The summed E-state index contributed by atoms with van der Waals surface area (Å²) >= 11 is 6.42. The SMILES string of the molecule is CC(C)CN1CCN(c2ccc([C@H](C)N)cc2Cl)CC1. The highest BCUT2D eigenvalue weighted by Gasteiger charge is 2.19. The van der Waals surface area contributed by atoms with Crippen molar-refractivity contribution in [1.82, 2.24) is 4.90 Å². The van der Waals surface area contributed by atoms with E-state index < -0.39 is 0 Å². The Bertz CT molecular complexity index is 437. The average molecular weight is 296 g/mol. The van der Waals surface area contributed by atoms with Gasteiger partial charge < -0.3 is 10.6 Å². The third-order valence-electron chi connectivity index (χ3n) is 3.83. The molecule has 3 nitrogen and oxygen atoms in total. The first-order chi connectivity index (χ1) is 9.47. The standard InChI is InChI=1S/C16H26ClN3/c1-12(2)11-19-6-8-20(9-7-19)16-5-4-14(13(3)18)10-15(16)17/h4-5,10,12-13H,6-9,11,18H2,1-3H3/t13-/m0/s1. The predicted molar refractivity (Wildman–Crippen MR) is 87.5 cm³/mol. The molecule has 1 atom stereocenters. The van der Waals surface area contributed by atoms with E-state index in [0.29, 0.717) is 0 Å². The highest BCUT2D eigenvalue weighted by molar-refractivity contribution is 6.33.